The van der Waals surface area contributed by atoms with Crippen LogP contribution in [0.3, 0.4) is 0 Å². The van der Waals surface area contributed by atoms with Gasteiger partial charge >= 0.3 is 0 Å². The Morgan fingerprint density at radius 1 is 1.62 bits per heavy atom. The van der Waals surface area contributed by atoms with Crippen LogP contribution in [-0.4, -0.2) is 11.9 Å². The fraction of sp³-hybridized carbons (Fsp3) is 0.500. The molecule has 0 fully saturated rings. The highest BCUT2D eigenvalue weighted by Gasteiger charge is 2.06. The molecule has 0 bridgehead atoms. The number of hydrogen-bond acceptors (Lipinski definition) is 2. The zero-order valence-electron chi connectivity index (χ0n) is 5.18. The Balaban J connectivity index is 2.55. The van der Waals surface area contributed by atoms with E-state index >= 15 is 0 Å². The predicted octanol–water partition coefficient (Wildman–Crippen LogP) is 1.43. The van der Waals surface area contributed by atoms with Crippen LogP contribution in [-0.2, 0) is 0 Å². The summed E-state index contributed by atoms with van der Waals surface area (Å²) in [5.41, 5.74) is 1.02. The summed E-state index contributed by atoms with van der Waals surface area (Å²) in [5, 5.41) is 0. The summed E-state index contributed by atoms with van der Waals surface area (Å²) in [4.78, 5) is 8.14. The van der Waals surface area contributed by atoms with Crippen LogP contribution in [0, 0.1) is 6.17 Å². The minimum Gasteiger partial charge on any atom is -0.257 e. The Hall–Kier alpha value is -0.660. The number of hydrogen-bond donors (Lipinski definition) is 0. The quantitative estimate of drug-likeness (QED) is 0.486. The molecule has 1 radical (unpaired) electrons. The van der Waals surface area contributed by atoms with E-state index in [0.717, 1.165) is 18.3 Å². The predicted molar refractivity (Wildman–Crippen MR) is 35.1 cm³/mol. The molecule has 43 valence electrons. The van der Waals surface area contributed by atoms with Crippen LogP contribution in [0.25, 0.3) is 0 Å². The third-order valence-corrected chi connectivity index (χ3v) is 1.02. The number of nitrogens with zero attached hydrogens (tertiary/aromatic N) is 2. The van der Waals surface area contributed by atoms with E-state index in [0.29, 0.717) is 0 Å². The van der Waals surface area contributed by atoms with Gasteiger partial charge in [-0.1, -0.05) is 6.92 Å². The van der Waals surface area contributed by atoms with E-state index in [4.69, 9.17) is 0 Å². The fourth-order valence-corrected chi connectivity index (χ4v) is 0.600. The second-order valence-electron chi connectivity index (χ2n) is 1.78. The Kier molecular flexibility index (Phi) is 1.42. The number of aliphatic imine (C=N–C) groups is 2. The third-order valence-electron chi connectivity index (χ3n) is 1.02. The molecule has 0 saturated carbocycles. The lowest BCUT2D eigenvalue weighted by Gasteiger charge is -1.91. The topological polar surface area (TPSA) is 24.7 Å². The Bertz CT molecular complexity index is 135. The van der Waals surface area contributed by atoms with E-state index in [-0.39, 0.29) is 0 Å². The van der Waals surface area contributed by atoms with Gasteiger partial charge in [0.2, 0.25) is 0 Å². The third kappa shape index (κ3) is 0.941. The monoisotopic (exact) mass is 109 g/mol. The van der Waals surface area contributed by atoms with Crippen molar-refractivity contribution in [2.24, 2.45) is 9.98 Å². The molecular weight excluding hydrogens is 100 g/mol. The van der Waals surface area contributed by atoms with Gasteiger partial charge in [0, 0.05) is 6.21 Å². The van der Waals surface area contributed by atoms with E-state index in [1.807, 2.05) is 6.92 Å². The standard InChI is InChI=1S/C6H9N2/c1-3-6-7-4-5(2)8-6/h4H,3H2,1-2H3. The van der Waals surface area contributed by atoms with Gasteiger partial charge in [0.25, 0.3) is 0 Å². The summed E-state index contributed by atoms with van der Waals surface area (Å²) in [7, 11) is 0. The lowest BCUT2D eigenvalue weighted by atomic mass is 10.4. The molecule has 1 aliphatic rings. The molecule has 8 heavy (non-hydrogen) atoms. The Morgan fingerprint density at radius 2 is 2.38 bits per heavy atom. The van der Waals surface area contributed by atoms with Crippen molar-refractivity contribution >= 4 is 11.9 Å². The number of rotatable bonds is 1. The second kappa shape index (κ2) is 2.07. The Labute approximate surface area is 49.3 Å². The second-order valence-corrected chi connectivity index (χ2v) is 1.78. The van der Waals surface area contributed by atoms with Crippen LogP contribution >= 0.6 is 0 Å². The molecule has 0 spiro atoms. The van der Waals surface area contributed by atoms with Crippen molar-refractivity contribution in [1.82, 2.24) is 0 Å². The molecule has 0 aromatic heterocycles. The average Bonchev–Trinajstić information content (AvgIpc) is 2.14. The van der Waals surface area contributed by atoms with Gasteiger partial charge in [-0.2, -0.15) is 0 Å². The van der Waals surface area contributed by atoms with Crippen molar-refractivity contribution < 1.29 is 0 Å². The van der Waals surface area contributed by atoms with Crippen LogP contribution in [0.5, 0.6) is 0 Å². The molecule has 0 amide bonds. The molecule has 0 atom stereocenters. The van der Waals surface area contributed by atoms with E-state index in [2.05, 4.69) is 16.9 Å². The van der Waals surface area contributed by atoms with Gasteiger partial charge in [-0.05, 0) is 13.3 Å². The SMILES string of the molecule is CC[C]1N=CC(C)=N1. The zero-order chi connectivity index (χ0) is 5.98. The van der Waals surface area contributed by atoms with E-state index in [1.54, 1.807) is 6.21 Å². The van der Waals surface area contributed by atoms with E-state index in [9.17, 15) is 0 Å². The minimum atomic E-state index is 0.938. The molecule has 0 saturated heterocycles. The van der Waals surface area contributed by atoms with Gasteiger partial charge in [-0.25, -0.2) is 0 Å². The van der Waals surface area contributed by atoms with Gasteiger partial charge in [-0.3, -0.25) is 9.98 Å². The molecule has 1 rings (SSSR count). The molecule has 0 aromatic carbocycles. The molecule has 2 heteroatoms. The summed E-state index contributed by atoms with van der Waals surface area (Å²) in [6.07, 6.45) is 3.68. The fourth-order valence-electron chi connectivity index (χ4n) is 0.600. The van der Waals surface area contributed by atoms with Crippen molar-refractivity contribution in [3.63, 3.8) is 0 Å². The smallest absolute Gasteiger partial charge is 0.194 e. The minimum absolute atomic E-state index is 0.938. The van der Waals surface area contributed by atoms with Crippen molar-refractivity contribution in [3.05, 3.63) is 6.17 Å². The first-order valence-electron chi connectivity index (χ1n) is 2.78. The zero-order valence-corrected chi connectivity index (χ0v) is 5.18. The van der Waals surface area contributed by atoms with Crippen molar-refractivity contribution in [2.75, 3.05) is 0 Å². The average molecular weight is 109 g/mol. The van der Waals surface area contributed by atoms with Crippen molar-refractivity contribution in [1.29, 1.82) is 0 Å². The van der Waals surface area contributed by atoms with Gasteiger partial charge in [0.1, 0.15) is 0 Å². The van der Waals surface area contributed by atoms with Crippen LogP contribution in [0.2, 0.25) is 0 Å². The van der Waals surface area contributed by atoms with Crippen molar-refractivity contribution in [2.45, 2.75) is 20.3 Å². The molecule has 2 nitrogen and oxygen atoms in total. The molecular formula is C6H9N2. The van der Waals surface area contributed by atoms with Gasteiger partial charge in [0.15, 0.2) is 6.17 Å². The largest absolute Gasteiger partial charge is 0.257 e. The first-order chi connectivity index (χ1) is 3.83. The van der Waals surface area contributed by atoms with Gasteiger partial charge in [-0.15, -0.1) is 0 Å². The summed E-state index contributed by atoms with van der Waals surface area (Å²) in [5.74, 6) is 0. The molecule has 0 unspecified atom stereocenters. The molecule has 1 aliphatic heterocycles. The van der Waals surface area contributed by atoms with E-state index in [1.165, 1.54) is 0 Å². The van der Waals surface area contributed by atoms with Gasteiger partial charge < -0.3 is 0 Å². The lowest BCUT2D eigenvalue weighted by Crippen LogP contribution is -1.84. The highest BCUT2D eigenvalue weighted by atomic mass is 15.0. The molecule has 1 heterocycles. The Morgan fingerprint density at radius 3 is 2.62 bits per heavy atom. The highest BCUT2D eigenvalue weighted by Crippen LogP contribution is 2.12. The van der Waals surface area contributed by atoms with E-state index < -0.39 is 0 Å². The first kappa shape index (κ1) is 5.48. The maximum atomic E-state index is 4.12. The molecule has 0 aliphatic carbocycles. The summed E-state index contributed by atoms with van der Waals surface area (Å²) < 4.78 is 0. The van der Waals surface area contributed by atoms with Crippen LogP contribution in [0.1, 0.15) is 20.3 Å². The highest BCUT2D eigenvalue weighted by molar-refractivity contribution is 6.31. The van der Waals surface area contributed by atoms with Crippen LogP contribution in [0.4, 0.5) is 0 Å². The summed E-state index contributed by atoms with van der Waals surface area (Å²) in [6.45, 7) is 4.00. The first-order valence-corrected chi connectivity index (χ1v) is 2.78. The van der Waals surface area contributed by atoms with Gasteiger partial charge in [0.05, 0.1) is 5.71 Å². The summed E-state index contributed by atoms with van der Waals surface area (Å²) in [6, 6.07) is 0. The van der Waals surface area contributed by atoms with Crippen LogP contribution < -0.4 is 0 Å². The van der Waals surface area contributed by atoms with Crippen LogP contribution in [0.15, 0.2) is 9.98 Å². The molecule has 0 N–H and O–H groups in total. The molecule has 0 aromatic rings. The summed E-state index contributed by atoms with van der Waals surface area (Å²) >= 11 is 0. The normalized spacial score (nSPS) is 19.5. The lowest BCUT2D eigenvalue weighted by molar-refractivity contribution is 0.876. The maximum Gasteiger partial charge on any atom is 0.194 e. The van der Waals surface area contributed by atoms with Crippen molar-refractivity contribution in [3.8, 4) is 0 Å². The maximum absolute atomic E-state index is 4.12.